The van der Waals surface area contributed by atoms with Crippen LogP contribution in [-0.2, 0) is 19.4 Å². The van der Waals surface area contributed by atoms with E-state index in [1.807, 2.05) is 6.92 Å². The molecule has 1 atom stereocenters. The van der Waals surface area contributed by atoms with Crippen molar-refractivity contribution in [2.24, 2.45) is 0 Å². The van der Waals surface area contributed by atoms with Gasteiger partial charge in [0.15, 0.2) is 9.84 Å². The van der Waals surface area contributed by atoms with Crippen LogP contribution in [0.2, 0.25) is 0 Å². The topological polar surface area (TPSA) is 105 Å². The van der Waals surface area contributed by atoms with Crippen molar-refractivity contribution in [3.63, 3.8) is 0 Å². The smallest absolute Gasteiger partial charge is 0.309 e. The standard InChI is InChI=1S/C16H19N3O4S2/c1-2-7-18-15(20)16(21)19-11-13(12-5-3-8-17-10-12)25(22,23)14-6-4-9-24-14/h3-6,8-10,13H,2,7,11H2,1H3,(H,18,20)(H,19,21)/t13-/m1/s1. The molecule has 0 aliphatic carbocycles. The predicted octanol–water partition coefficient (Wildman–Crippen LogP) is 1.30. The zero-order chi connectivity index (χ0) is 18.3. The van der Waals surface area contributed by atoms with Crippen LogP contribution in [0.5, 0.6) is 0 Å². The van der Waals surface area contributed by atoms with Gasteiger partial charge in [0.2, 0.25) is 0 Å². The van der Waals surface area contributed by atoms with Crippen molar-refractivity contribution in [2.45, 2.75) is 22.8 Å². The highest BCUT2D eigenvalue weighted by atomic mass is 32.2. The van der Waals surface area contributed by atoms with Gasteiger partial charge in [-0.15, -0.1) is 11.3 Å². The fraction of sp³-hybridized carbons (Fsp3) is 0.312. The molecule has 0 saturated carbocycles. The summed E-state index contributed by atoms with van der Waals surface area (Å²) >= 11 is 1.10. The predicted molar refractivity (Wildman–Crippen MR) is 94.8 cm³/mol. The van der Waals surface area contributed by atoms with Crippen molar-refractivity contribution in [1.29, 1.82) is 0 Å². The number of hydrogen-bond donors (Lipinski definition) is 2. The molecule has 0 aliphatic heterocycles. The Morgan fingerprint density at radius 2 is 1.96 bits per heavy atom. The quantitative estimate of drug-likeness (QED) is 0.704. The molecule has 2 aromatic rings. The third-order valence-electron chi connectivity index (χ3n) is 3.40. The molecule has 2 aromatic heterocycles. The number of pyridine rings is 1. The number of nitrogens with one attached hydrogen (secondary N) is 2. The molecule has 0 aromatic carbocycles. The molecule has 2 rings (SSSR count). The van der Waals surface area contributed by atoms with Crippen LogP contribution in [0.3, 0.4) is 0 Å². The summed E-state index contributed by atoms with van der Waals surface area (Å²) < 4.78 is 26.0. The van der Waals surface area contributed by atoms with E-state index in [-0.39, 0.29) is 10.8 Å². The van der Waals surface area contributed by atoms with Gasteiger partial charge in [0.1, 0.15) is 9.46 Å². The zero-order valence-electron chi connectivity index (χ0n) is 13.6. The van der Waals surface area contributed by atoms with Gasteiger partial charge in [0.05, 0.1) is 0 Å². The molecule has 0 fully saturated rings. The van der Waals surface area contributed by atoms with E-state index >= 15 is 0 Å². The van der Waals surface area contributed by atoms with E-state index in [4.69, 9.17) is 0 Å². The second-order valence-corrected chi connectivity index (χ2v) is 8.52. The Morgan fingerprint density at radius 3 is 2.56 bits per heavy atom. The number of thiophene rings is 1. The van der Waals surface area contributed by atoms with Crippen molar-refractivity contribution < 1.29 is 18.0 Å². The Balaban J connectivity index is 2.20. The Hall–Kier alpha value is -2.26. The van der Waals surface area contributed by atoms with Crippen LogP contribution in [0.15, 0.2) is 46.2 Å². The molecule has 7 nitrogen and oxygen atoms in total. The SMILES string of the molecule is CCCNC(=O)C(=O)NC[C@H](c1cccnc1)S(=O)(=O)c1cccs1. The number of rotatable bonds is 7. The summed E-state index contributed by atoms with van der Waals surface area (Å²) in [6, 6.07) is 6.42. The fourth-order valence-corrected chi connectivity index (χ4v) is 4.97. The number of hydrogen-bond acceptors (Lipinski definition) is 6. The largest absolute Gasteiger partial charge is 0.348 e. The van der Waals surface area contributed by atoms with Gasteiger partial charge in [-0.1, -0.05) is 19.1 Å². The maximum Gasteiger partial charge on any atom is 0.309 e. The zero-order valence-corrected chi connectivity index (χ0v) is 15.3. The maximum atomic E-state index is 12.9. The van der Waals surface area contributed by atoms with Crippen LogP contribution in [0.1, 0.15) is 24.2 Å². The van der Waals surface area contributed by atoms with Crippen LogP contribution in [0, 0.1) is 0 Å². The molecule has 0 saturated heterocycles. The normalized spacial score (nSPS) is 12.4. The van der Waals surface area contributed by atoms with Crippen molar-refractivity contribution in [2.75, 3.05) is 13.1 Å². The van der Waals surface area contributed by atoms with Gasteiger partial charge in [0, 0.05) is 25.5 Å². The van der Waals surface area contributed by atoms with E-state index < -0.39 is 26.9 Å². The van der Waals surface area contributed by atoms with Gasteiger partial charge in [-0.2, -0.15) is 0 Å². The minimum Gasteiger partial charge on any atom is -0.348 e. The first-order valence-corrected chi connectivity index (χ1v) is 10.1. The fourth-order valence-electron chi connectivity index (χ4n) is 2.12. The lowest BCUT2D eigenvalue weighted by Gasteiger charge is -2.17. The first-order valence-electron chi connectivity index (χ1n) is 7.70. The Bertz CT molecular complexity index is 805. The van der Waals surface area contributed by atoms with Gasteiger partial charge in [-0.3, -0.25) is 14.6 Å². The first kappa shape index (κ1) is 19.1. The summed E-state index contributed by atoms with van der Waals surface area (Å²) in [4.78, 5) is 27.5. The Labute approximate surface area is 150 Å². The molecule has 25 heavy (non-hydrogen) atoms. The second-order valence-electron chi connectivity index (χ2n) is 5.22. The summed E-state index contributed by atoms with van der Waals surface area (Å²) in [5.41, 5.74) is 0.449. The number of nitrogens with zero attached hydrogens (tertiary/aromatic N) is 1. The summed E-state index contributed by atoms with van der Waals surface area (Å²) in [6.07, 6.45) is 3.68. The average Bonchev–Trinajstić information content (AvgIpc) is 3.16. The summed E-state index contributed by atoms with van der Waals surface area (Å²) in [7, 11) is -3.72. The van der Waals surface area contributed by atoms with Crippen LogP contribution in [0.25, 0.3) is 0 Å². The van der Waals surface area contributed by atoms with E-state index in [1.54, 1.807) is 23.6 Å². The van der Waals surface area contributed by atoms with Crippen molar-refractivity contribution in [3.05, 3.63) is 47.6 Å². The Morgan fingerprint density at radius 1 is 1.20 bits per heavy atom. The lowest BCUT2D eigenvalue weighted by atomic mass is 10.2. The number of amides is 2. The summed E-state index contributed by atoms with van der Waals surface area (Å²) in [5.74, 6) is -1.64. The van der Waals surface area contributed by atoms with Gasteiger partial charge >= 0.3 is 11.8 Å². The van der Waals surface area contributed by atoms with Crippen molar-refractivity contribution in [3.8, 4) is 0 Å². The highest BCUT2D eigenvalue weighted by Gasteiger charge is 2.31. The third-order valence-corrected chi connectivity index (χ3v) is 6.93. The van der Waals surface area contributed by atoms with Crippen LogP contribution < -0.4 is 10.6 Å². The van der Waals surface area contributed by atoms with Gasteiger partial charge in [-0.25, -0.2) is 8.42 Å². The van der Waals surface area contributed by atoms with Crippen LogP contribution >= 0.6 is 11.3 Å². The molecule has 2 N–H and O–H groups in total. The molecule has 2 amide bonds. The number of aromatic nitrogens is 1. The molecule has 9 heteroatoms. The van der Waals surface area contributed by atoms with E-state index in [9.17, 15) is 18.0 Å². The molecule has 0 aliphatic rings. The monoisotopic (exact) mass is 381 g/mol. The van der Waals surface area contributed by atoms with E-state index in [1.165, 1.54) is 18.5 Å². The minimum atomic E-state index is -3.72. The molecule has 0 radical (unpaired) electrons. The van der Waals surface area contributed by atoms with Crippen molar-refractivity contribution in [1.82, 2.24) is 15.6 Å². The van der Waals surface area contributed by atoms with Gasteiger partial charge in [-0.05, 0) is 29.5 Å². The van der Waals surface area contributed by atoms with E-state index in [0.717, 1.165) is 11.3 Å². The lowest BCUT2D eigenvalue weighted by Crippen LogP contribution is -2.42. The molecule has 134 valence electrons. The average molecular weight is 381 g/mol. The Kier molecular flexibility index (Phi) is 6.65. The van der Waals surface area contributed by atoms with Crippen LogP contribution in [-0.4, -0.2) is 38.3 Å². The highest BCUT2D eigenvalue weighted by Crippen LogP contribution is 2.30. The third kappa shape index (κ3) is 4.86. The molecule has 2 heterocycles. The molecule has 0 spiro atoms. The van der Waals surface area contributed by atoms with Gasteiger partial charge in [0.25, 0.3) is 0 Å². The first-order chi connectivity index (χ1) is 12.0. The number of carbonyl (C=O) groups excluding carboxylic acids is 2. The molecule has 0 bridgehead atoms. The summed E-state index contributed by atoms with van der Waals surface area (Å²) in [6.45, 7) is 2.03. The lowest BCUT2D eigenvalue weighted by molar-refractivity contribution is -0.139. The number of carbonyl (C=O) groups is 2. The second kappa shape index (κ2) is 8.72. The van der Waals surface area contributed by atoms with E-state index in [2.05, 4.69) is 15.6 Å². The molecular formula is C16H19N3O4S2. The van der Waals surface area contributed by atoms with Crippen molar-refractivity contribution >= 4 is 33.0 Å². The number of sulfone groups is 1. The van der Waals surface area contributed by atoms with Crippen LogP contribution in [0.4, 0.5) is 0 Å². The molecular weight excluding hydrogens is 362 g/mol. The molecule has 0 unspecified atom stereocenters. The highest BCUT2D eigenvalue weighted by molar-refractivity contribution is 7.93. The maximum absolute atomic E-state index is 12.9. The minimum absolute atomic E-state index is 0.200. The van der Waals surface area contributed by atoms with Gasteiger partial charge < -0.3 is 10.6 Å². The van der Waals surface area contributed by atoms with E-state index in [0.29, 0.717) is 18.5 Å². The summed E-state index contributed by atoms with van der Waals surface area (Å²) in [5, 5.41) is 5.50.